The van der Waals surface area contributed by atoms with Gasteiger partial charge in [0.25, 0.3) is 5.91 Å². The fourth-order valence-corrected chi connectivity index (χ4v) is 3.75. The van der Waals surface area contributed by atoms with Crippen LogP contribution in [0.15, 0.2) is 48.5 Å². The summed E-state index contributed by atoms with van der Waals surface area (Å²) in [5.41, 5.74) is 3.56. The van der Waals surface area contributed by atoms with Crippen molar-refractivity contribution >= 4 is 11.6 Å². The number of para-hydroxylation sites is 1. The highest BCUT2D eigenvalue weighted by Crippen LogP contribution is 2.36. The second-order valence-corrected chi connectivity index (χ2v) is 8.32. The lowest BCUT2D eigenvalue weighted by atomic mass is 10.0. The molecule has 1 aliphatic carbocycles. The molecule has 5 rings (SSSR count). The number of tetrazole rings is 1. The standard InChI is InChI=1S/C23H24N8O/c1-14(2)19-9-4-5-10-20(19)30-15(3)24-21(27-30)23(32)25-17-8-6-7-16(13-17)22-26-28-29-31(22)18-11-12-18/h4-10,13-14,18H,11-12H2,1-3H3,(H,25,32). The monoisotopic (exact) mass is 428 g/mol. The van der Waals surface area contributed by atoms with Crippen LogP contribution in [0.3, 0.4) is 0 Å². The molecule has 1 amide bonds. The van der Waals surface area contributed by atoms with Crippen LogP contribution in [0.4, 0.5) is 5.69 Å². The minimum atomic E-state index is -0.368. The summed E-state index contributed by atoms with van der Waals surface area (Å²) in [5.74, 6) is 1.43. The Morgan fingerprint density at radius 1 is 1.12 bits per heavy atom. The lowest BCUT2D eigenvalue weighted by Gasteiger charge is -2.12. The van der Waals surface area contributed by atoms with E-state index in [1.165, 1.54) is 0 Å². The first-order valence-corrected chi connectivity index (χ1v) is 10.7. The van der Waals surface area contributed by atoms with Crippen molar-refractivity contribution in [2.75, 3.05) is 5.32 Å². The molecule has 9 nitrogen and oxygen atoms in total. The van der Waals surface area contributed by atoms with E-state index >= 15 is 0 Å². The summed E-state index contributed by atoms with van der Waals surface area (Å²) in [6, 6.07) is 15.9. The summed E-state index contributed by atoms with van der Waals surface area (Å²) in [7, 11) is 0. The Bertz CT molecular complexity index is 1280. The number of carbonyl (C=O) groups excluding carboxylic acids is 1. The van der Waals surface area contributed by atoms with Crippen molar-refractivity contribution in [3.8, 4) is 17.1 Å². The molecule has 2 heterocycles. The Balaban J connectivity index is 1.40. The van der Waals surface area contributed by atoms with Crippen LogP contribution in [0, 0.1) is 6.92 Å². The summed E-state index contributed by atoms with van der Waals surface area (Å²) in [6.07, 6.45) is 2.17. The molecule has 0 saturated heterocycles. The maximum Gasteiger partial charge on any atom is 0.295 e. The third kappa shape index (κ3) is 3.77. The lowest BCUT2D eigenvalue weighted by Crippen LogP contribution is -2.14. The van der Waals surface area contributed by atoms with Crippen LogP contribution in [0.1, 0.15) is 60.7 Å². The largest absolute Gasteiger partial charge is 0.319 e. The van der Waals surface area contributed by atoms with Crippen LogP contribution in [-0.4, -0.2) is 40.9 Å². The van der Waals surface area contributed by atoms with Crippen molar-refractivity contribution in [2.45, 2.75) is 45.6 Å². The molecular formula is C23H24N8O. The van der Waals surface area contributed by atoms with Crippen molar-refractivity contribution in [1.29, 1.82) is 0 Å². The molecule has 2 aromatic carbocycles. The molecule has 2 aromatic heterocycles. The molecule has 9 heteroatoms. The number of rotatable bonds is 6. The van der Waals surface area contributed by atoms with Crippen LogP contribution >= 0.6 is 0 Å². The van der Waals surface area contributed by atoms with E-state index in [1.54, 1.807) is 4.68 Å². The van der Waals surface area contributed by atoms with E-state index in [9.17, 15) is 4.79 Å². The molecule has 1 fully saturated rings. The number of amides is 1. The van der Waals surface area contributed by atoms with Gasteiger partial charge in [-0.15, -0.1) is 10.2 Å². The number of nitrogens with zero attached hydrogens (tertiary/aromatic N) is 7. The van der Waals surface area contributed by atoms with Crippen molar-refractivity contribution in [3.63, 3.8) is 0 Å². The van der Waals surface area contributed by atoms with Gasteiger partial charge in [0.1, 0.15) is 5.82 Å². The summed E-state index contributed by atoms with van der Waals surface area (Å²) in [6.45, 7) is 6.11. The van der Waals surface area contributed by atoms with Crippen molar-refractivity contribution in [1.82, 2.24) is 35.0 Å². The number of hydrogen-bond donors (Lipinski definition) is 1. The lowest BCUT2D eigenvalue weighted by molar-refractivity contribution is 0.101. The Kier molecular flexibility index (Phi) is 5.01. The normalized spacial score (nSPS) is 13.5. The maximum absolute atomic E-state index is 12.9. The SMILES string of the molecule is Cc1nc(C(=O)Nc2cccc(-c3nnnn3C3CC3)c2)nn1-c1ccccc1C(C)C. The minimum Gasteiger partial charge on any atom is -0.319 e. The maximum atomic E-state index is 12.9. The molecule has 0 aliphatic heterocycles. The first-order valence-electron chi connectivity index (χ1n) is 10.7. The minimum absolute atomic E-state index is 0.120. The Morgan fingerprint density at radius 2 is 1.94 bits per heavy atom. The number of aromatic nitrogens is 7. The van der Waals surface area contributed by atoms with E-state index < -0.39 is 0 Å². The van der Waals surface area contributed by atoms with Gasteiger partial charge in [-0.3, -0.25) is 4.79 Å². The van der Waals surface area contributed by atoms with Gasteiger partial charge < -0.3 is 5.32 Å². The van der Waals surface area contributed by atoms with Crippen LogP contribution in [0.25, 0.3) is 17.1 Å². The number of aryl methyl sites for hydroxylation is 1. The van der Waals surface area contributed by atoms with Gasteiger partial charge in [-0.2, -0.15) is 0 Å². The van der Waals surface area contributed by atoms with Crippen LogP contribution < -0.4 is 5.32 Å². The van der Waals surface area contributed by atoms with Gasteiger partial charge in [-0.05, 0) is 59.9 Å². The number of hydrogen-bond acceptors (Lipinski definition) is 6. The van der Waals surface area contributed by atoms with E-state index in [4.69, 9.17) is 0 Å². The van der Waals surface area contributed by atoms with Crippen LogP contribution in [-0.2, 0) is 0 Å². The van der Waals surface area contributed by atoms with Gasteiger partial charge in [0.2, 0.25) is 5.82 Å². The molecular weight excluding hydrogens is 404 g/mol. The third-order valence-electron chi connectivity index (χ3n) is 5.52. The van der Waals surface area contributed by atoms with Gasteiger partial charge in [-0.25, -0.2) is 14.3 Å². The van der Waals surface area contributed by atoms with E-state index in [2.05, 4.69) is 50.8 Å². The third-order valence-corrected chi connectivity index (χ3v) is 5.52. The highest BCUT2D eigenvalue weighted by Gasteiger charge is 2.28. The van der Waals surface area contributed by atoms with E-state index in [0.717, 1.165) is 29.7 Å². The molecule has 1 saturated carbocycles. The van der Waals surface area contributed by atoms with Gasteiger partial charge >= 0.3 is 0 Å². The molecule has 1 aliphatic rings. The first kappa shape index (κ1) is 20.0. The number of anilines is 1. The number of nitrogens with one attached hydrogen (secondary N) is 1. The number of carbonyl (C=O) groups is 1. The molecule has 0 bridgehead atoms. The average Bonchev–Trinajstić information content (AvgIpc) is 3.38. The second kappa shape index (κ2) is 7.99. The second-order valence-electron chi connectivity index (χ2n) is 8.32. The van der Waals surface area contributed by atoms with Gasteiger partial charge in [0.05, 0.1) is 11.7 Å². The van der Waals surface area contributed by atoms with Gasteiger partial charge in [0.15, 0.2) is 5.82 Å². The van der Waals surface area contributed by atoms with Crippen molar-refractivity contribution in [3.05, 3.63) is 65.7 Å². The molecule has 162 valence electrons. The van der Waals surface area contributed by atoms with Crippen LogP contribution in [0.2, 0.25) is 0 Å². The molecule has 0 radical (unpaired) electrons. The summed E-state index contributed by atoms with van der Waals surface area (Å²) >= 11 is 0. The fraction of sp³-hybridized carbons (Fsp3) is 0.304. The molecule has 32 heavy (non-hydrogen) atoms. The Hall–Kier alpha value is -3.88. The predicted octanol–water partition coefficient (Wildman–Crippen LogP) is 3.94. The first-order chi connectivity index (χ1) is 15.5. The zero-order valence-electron chi connectivity index (χ0n) is 18.2. The highest BCUT2D eigenvalue weighted by molar-refractivity contribution is 6.01. The quantitative estimate of drug-likeness (QED) is 0.499. The van der Waals surface area contributed by atoms with Crippen LogP contribution in [0.5, 0.6) is 0 Å². The summed E-state index contributed by atoms with van der Waals surface area (Å²) in [4.78, 5) is 17.3. The van der Waals surface area contributed by atoms with E-state index in [1.807, 2.05) is 54.1 Å². The highest BCUT2D eigenvalue weighted by atomic mass is 16.2. The zero-order valence-corrected chi connectivity index (χ0v) is 18.2. The molecule has 0 spiro atoms. The molecule has 1 N–H and O–H groups in total. The molecule has 0 unspecified atom stereocenters. The fourth-order valence-electron chi connectivity index (χ4n) is 3.75. The van der Waals surface area contributed by atoms with Gasteiger partial charge in [0, 0.05) is 11.3 Å². The van der Waals surface area contributed by atoms with E-state index in [0.29, 0.717) is 29.3 Å². The topological polar surface area (TPSA) is 103 Å². The summed E-state index contributed by atoms with van der Waals surface area (Å²) < 4.78 is 3.57. The predicted molar refractivity (Wildman–Crippen MR) is 120 cm³/mol. The molecule has 4 aromatic rings. The van der Waals surface area contributed by atoms with Crippen molar-refractivity contribution in [2.24, 2.45) is 0 Å². The van der Waals surface area contributed by atoms with E-state index in [-0.39, 0.29) is 11.7 Å². The Morgan fingerprint density at radius 3 is 2.72 bits per heavy atom. The van der Waals surface area contributed by atoms with Crippen molar-refractivity contribution < 1.29 is 4.79 Å². The average molecular weight is 429 g/mol. The summed E-state index contributed by atoms with van der Waals surface area (Å²) in [5, 5.41) is 19.5. The Labute approximate surface area is 185 Å². The smallest absolute Gasteiger partial charge is 0.295 e. The molecule has 0 atom stereocenters. The number of benzene rings is 2. The zero-order chi connectivity index (χ0) is 22.2. The van der Waals surface area contributed by atoms with Gasteiger partial charge in [-0.1, -0.05) is 44.2 Å².